The second-order valence-corrected chi connectivity index (χ2v) is 5.75. The minimum Gasteiger partial charge on any atom is -0.340 e. The summed E-state index contributed by atoms with van der Waals surface area (Å²) in [5.74, 6) is 1.12. The average Bonchev–Trinajstić information content (AvgIpc) is 2.49. The molecule has 2 rings (SSSR count). The van der Waals surface area contributed by atoms with Crippen LogP contribution in [0.2, 0.25) is 0 Å². The van der Waals surface area contributed by atoms with Crippen molar-refractivity contribution in [1.82, 2.24) is 4.98 Å². The van der Waals surface area contributed by atoms with Crippen molar-refractivity contribution < 1.29 is 4.79 Å². The lowest BCUT2D eigenvalue weighted by molar-refractivity contribution is -0.116. The Morgan fingerprint density at radius 2 is 1.77 bits per heavy atom. The number of rotatable bonds is 6. The van der Waals surface area contributed by atoms with Crippen LogP contribution in [0, 0.1) is 5.92 Å². The lowest BCUT2D eigenvalue weighted by atomic mass is 10.1. The van der Waals surface area contributed by atoms with Gasteiger partial charge in [-0.05, 0) is 42.2 Å². The van der Waals surface area contributed by atoms with Gasteiger partial charge in [-0.25, -0.2) is 4.98 Å². The molecule has 0 aliphatic rings. The number of anilines is 3. The fourth-order valence-electron chi connectivity index (χ4n) is 2.10. The molecule has 1 aromatic carbocycles. The molecular weight excluding hydrogens is 274 g/mol. The Morgan fingerprint density at radius 3 is 2.32 bits per heavy atom. The molecule has 0 aliphatic heterocycles. The topological polar surface area (TPSA) is 54.0 Å². The van der Waals surface area contributed by atoms with Gasteiger partial charge >= 0.3 is 0 Å². The standard InChI is InChI=1S/C18H23N3O/c1-4-14-5-7-15(8-6-14)20-17-10-9-16(12-19-17)21-18(22)11-13(2)3/h5-10,12-13H,4,11H2,1-3H3,(H,19,20)(H,21,22). The average molecular weight is 297 g/mol. The van der Waals surface area contributed by atoms with E-state index in [1.165, 1.54) is 5.56 Å². The number of hydrogen-bond donors (Lipinski definition) is 2. The molecule has 4 heteroatoms. The summed E-state index contributed by atoms with van der Waals surface area (Å²) in [6.07, 6.45) is 3.22. The Labute approximate surface area is 132 Å². The molecule has 116 valence electrons. The number of amides is 1. The van der Waals surface area contributed by atoms with Crippen LogP contribution in [0.1, 0.15) is 32.8 Å². The molecule has 0 bridgehead atoms. The van der Waals surface area contributed by atoms with Crippen molar-refractivity contribution in [3.8, 4) is 0 Å². The number of hydrogen-bond acceptors (Lipinski definition) is 3. The van der Waals surface area contributed by atoms with Crippen LogP contribution in [-0.2, 0) is 11.2 Å². The van der Waals surface area contributed by atoms with Gasteiger partial charge in [0.25, 0.3) is 0 Å². The molecule has 0 atom stereocenters. The minimum absolute atomic E-state index is 0.0210. The largest absolute Gasteiger partial charge is 0.340 e. The van der Waals surface area contributed by atoms with Crippen LogP contribution in [0.3, 0.4) is 0 Å². The first-order valence-electron chi connectivity index (χ1n) is 7.68. The first-order chi connectivity index (χ1) is 10.6. The number of aryl methyl sites for hydroxylation is 1. The number of aromatic nitrogens is 1. The van der Waals surface area contributed by atoms with E-state index in [1.807, 2.05) is 38.1 Å². The van der Waals surface area contributed by atoms with Crippen LogP contribution >= 0.6 is 0 Å². The fraction of sp³-hybridized carbons (Fsp3) is 0.333. The second kappa shape index (κ2) is 7.59. The van der Waals surface area contributed by atoms with Gasteiger partial charge in [0.2, 0.25) is 5.91 Å². The summed E-state index contributed by atoms with van der Waals surface area (Å²) in [5, 5.41) is 6.09. The van der Waals surface area contributed by atoms with E-state index in [9.17, 15) is 4.79 Å². The summed E-state index contributed by atoms with van der Waals surface area (Å²) in [6.45, 7) is 6.18. The molecular formula is C18H23N3O. The molecule has 0 unspecified atom stereocenters. The lowest BCUT2D eigenvalue weighted by Gasteiger charge is -2.09. The number of pyridine rings is 1. The molecule has 22 heavy (non-hydrogen) atoms. The first-order valence-corrected chi connectivity index (χ1v) is 7.68. The zero-order valence-corrected chi connectivity index (χ0v) is 13.4. The summed E-state index contributed by atoms with van der Waals surface area (Å²) in [5.41, 5.74) is 3.03. The van der Waals surface area contributed by atoms with Gasteiger partial charge in [-0.15, -0.1) is 0 Å². The number of carbonyl (C=O) groups excluding carboxylic acids is 1. The Morgan fingerprint density at radius 1 is 1.09 bits per heavy atom. The quantitative estimate of drug-likeness (QED) is 0.832. The van der Waals surface area contributed by atoms with Gasteiger partial charge in [0.15, 0.2) is 0 Å². The Hall–Kier alpha value is -2.36. The maximum absolute atomic E-state index is 11.7. The smallest absolute Gasteiger partial charge is 0.224 e. The van der Waals surface area contributed by atoms with Crippen LogP contribution in [0.15, 0.2) is 42.6 Å². The van der Waals surface area contributed by atoms with Crippen molar-refractivity contribution in [2.45, 2.75) is 33.6 Å². The van der Waals surface area contributed by atoms with Crippen molar-refractivity contribution >= 4 is 23.1 Å². The monoisotopic (exact) mass is 297 g/mol. The van der Waals surface area contributed by atoms with Crippen LogP contribution in [0.25, 0.3) is 0 Å². The number of carbonyl (C=O) groups is 1. The molecule has 0 aliphatic carbocycles. The number of benzene rings is 1. The van der Waals surface area contributed by atoms with Gasteiger partial charge < -0.3 is 10.6 Å². The van der Waals surface area contributed by atoms with E-state index in [-0.39, 0.29) is 5.91 Å². The molecule has 0 fully saturated rings. The van der Waals surface area contributed by atoms with Crippen LogP contribution < -0.4 is 10.6 Å². The van der Waals surface area contributed by atoms with Crippen molar-refractivity contribution in [2.75, 3.05) is 10.6 Å². The normalized spacial score (nSPS) is 10.5. The van der Waals surface area contributed by atoms with Crippen molar-refractivity contribution in [3.63, 3.8) is 0 Å². The van der Waals surface area contributed by atoms with Crippen LogP contribution in [0.5, 0.6) is 0 Å². The van der Waals surface area contributed by atoms with E-state index in [2.05, 4.69) is 34.7 Å². The molecule has 1 aromatic heterocycles. The highest BCUT2D eigenvalue weighted by Gasteiger charge is 2.05. The second-order valence-electron chi connectivity index (χ2n) is 5.75. The Balaban J connectivity index is 1.94. The number of nitrogens with zero attached hydrogens (tertiary/aromatic N) is 1. The van der Waals surface area contributed by atoms with E-state index in [1.54, 1.807) is 6.20 Å². The van der Waals surface area contributed by atoms with Crippen molar-refractivity contribution in [2.24, 2.45) is 5.92 Å². The lowest BCUT2D eigenvalue weighted by Crippen LogP contribution is -2.13. The maximum atomic E-state index is 11.7. The molecule has 0 saturated carbocycles. The van der Waals surface area contributed by atoms with Crippen LogP contribution in [0.4, 0.5) is 17.2 Å². The fourth-order valence-corrected chi connectivity index (χ4v) is 2.10. The maximum Gasteiger partial charge on any atom is 0.224 e. The van der Waals surface area contributed by atoms with E-state index in [0.29, 0.717) is 12.3 Å². The third kappa shape index (κ3) is 4.88. The molecule has 0 spiro atoms. The molecule has 1 amide bonds. The third-order valence-corrected chi connectivity index (χ3v) is 3.28. The first kappa shape index (κ1) is 16.0. The zero-order chi connectivity index (χ0) is 15.9. The van der Waals surface area contributed by atoms with E-state index in [0.717, 1.165) is 23.6 Å². The summed E-state index contributed by atoms with van der Waals surface area (Å²) in [6, 6.07) is 12.0. The van der Waals surface area contributed by atoms with Crippen molar-refractivity contribution in [1.29, 1.82) is 0 Å². The highest BCUT2D eigenvalue weighted by atomic mass is 16.1. The summed E-state index contributed by atoms with van der Waals surface area (Å²) in [7, 11) is 0. The summed E-state index contributed by atoms with van der Waals surface area (Å²) < 4.78 is 0. The molecule has 1 heterocycles. The molecule has 2 N–H and O–H groups in total. The molecule has 0 radical (unpaired) electrons. The highest BCUT2D eigenvalue weighted by molar-refractivity contribution is 5.90. The van der Waals surface area contributed by atoms with Gasteiger partial charge in [-0.3, -0.25) is 4.79 Å². The number of nitrogens with one attached hydrogen (secondary N) is 2. The van der Waals surface area contributed by atoms with E-state index < -0.39 is 0 Å². The Kier molecular flexibility index (Phi) is 5.53. The zero-order valence-electron chi connectivity index (χ0n) is 13.4. The van der Waals surface area contributed by atoms with Gasteiger partial charge in [-0.1, -0.05) is 32.9 Å². The Bertz CT molecular complexity index is 603. The third-order valence-electron chi connectivity index (χ3n) is 3.28. The molecule has 0 saturated heterocycles. The summed E-state index contributed by atoms with van der Waals surface area (Å²) in [4.78, 5) is 16.0. The predicted molar refractivity (Wildman–Crippen MR) is 91.4 cm³/mol. The van der Waals surface area contributed by atoms with E-state index >= 15 is 0 Å². The van der Waals surface area contributed by atoms with Crippen LogP contribution in [-0.4, -0.2) is 10.9 Å². The highest BCUT2D eigenvalue weighted by Crippen LogP contribution is 2.17. The van der Waals surface area contributed by atoms with Gasteiger partial charge in [-0.2, -0.15) is 0 Å². The van der Waals surface area contributed by atoms with Crippen molar-refractivity contribution in [3.05, 3.63) is 48.2 Å². The minimum atomic E-state index is 0.0210. The van der Waals surface area contributed by atoms with Gasteiger partial charge in [0, 0.05) is 12.1 Å². The van der Waals surface area contributed by atoms with Gasteiger partial charge in [0.05, 0.1) is 11.9 Å². The van der Waals surface area contributed by atoms with Gasteiger partial charge in [0.1, 0.15) is 5.82 Å². The SMILES string of the molecule is CCc1ccc(Nc2ccc(NC(=O)CC(C)C)cn2)cc1. The molecule has 4 nitrogen and oxygen atoms in total. The molecule has 2 aromatic rings. The van der Waals surface area contributed by atoms with E-state index in [4.69, 9.17) is 0 Å². The predicted octanol–water partition coefficient (Wildman–Crippen LogP) is 4.37. The summed E-state index contributed by atoms with van der Waals surface area (Å²) >= 11 is 0.